The number of halogens is 2. The Morgan fingerprint density at radius 3 is 2.48 bits per heavy atom. The van der Waals surface area contributed by atoms with Crippen LogP contribution in [0.5, 0.6) is 5.75 Å². The van der Waals surface area contributed by atoms with Crippen LogP contribution < -0.4 is 10.1 Å². The fourth-order valence-electron chi connectivity index (χ4n) is 2.38. The number of benzene rings is 2. The van der Waals surface area contributed by atoms with Crippen LogP contribution in [-0.2, 0) is 0 Å². The Labute approximate surface area is 133 Å². The first-order valence-electron chi connectivity index (χ1n) is 6.79. The fraction of sp³-hybridized carbons (Fsp3) is 0.294. The Balaban J connectivity index is 2.28. The van der Waals surface area contributed by atoms with E-state index in [1.807, 2.05) is 26.8 Å². The number of ether oxygens (including phenoxy) is 1. The third-order valence-electron chi connectivity index (χ3n) is 3.47. The van der Waals surface area contributed by atoms with Crippen molar-refractivity contribution in [1.29, 1.82) is 0 Å². The van der Waals surface area contributed by atoms with E-state index in [0.29, 0.717) is 11.3 Å². The largest absolute Gasteiger partial charge is 0.497 e. The molecule has 1 atom stereocenters. The molecule has 2 rings (SSSR count). The molecule has 0 heterocycles. The van der Waals surface area contributed by atoms with Gasteiger partial charge in [-0.15, -0.1) is 0 Å². The number of nitrogens with one attached hydrogen (secondary N) is 1. The summed E-state index contributed by atoms with van der Waals surface area (Å²) in [6, 6.07) is 8.94. The molecule has 0 aromatic heterocycles. The quantitative estimate of drug-likeness (QED) is 0.797. The normalized spacial score (nSPS) is 12.1. The molecule has 0 aliphatic carbocycles. The van der Waals surface area contributed by atoms with E-state index >= 15 is 0 Å². The highest BCUT2D eigenvalue weighted by Gasteiger charge is 2.14. The molecule has 0 amide bonds. The lowest BCUT2D eigenvalue weighted by Crippen LogP contribution is -2.10. The molecule has 0 aliphatic rings. The summed E-state index contributed by atoms with van der Waals surface area (Å²) in [6.45, 7) is 6.03. The molecule has 1 unspecified atom stereocenters. The van der Waals surface area contributed by atoms with Crippen molar-refractivity contribution in [3.8, 4) is 5.75 Å². The zero-order valence-electron chi connectivity index (χ0n) is 12.6. The zero-order chi connectivity index (χ0) is 15.6. The molecule has 0 fully saturated rings. The van der Waals surface area contributed by atoms with Crippen molar-refractivity contribution >= 4 is 21.6 Å². The van der Waals surface area contributed by atoms with Crippen molar-refractivity contribution in [1.82, 2.24) is 0 Å². The van der Waals surface area contributed by atoms with Gasteiger partial charge in [0.25, 0.3) is 0 Å². The molecule has 0 spiro atoms. The molecule has 0 aliphatic heterocycles. The maximum atomic E-state index is 14.1. The number of hydrogen-bond donors (Lipinski definition) is 1. The Bertz CT molecular complexity index is 634. The Morgan fingerprint density at radius 1 is 1.19 bits per heavy atom. The molecule has 0 radical (unpaired) electrons. The van der Waals surface area contributed by atoms with Gasteiger partial charge in [-0.25, -0.2) is 4.39 Å². The first-order valence-corrected chi connectivity index (χ1v) is 7.58. The molecule has 0 bridgehead atoms. The first-order chi connectivity index (χ1) is 9.92. The molecule has 4 heteroatoms. The predicted molar refractivity (Wildman–Crippen MR) is 88.6 cm³/mol. The summed E-state index contributed by atoms with van der Waals surface area (Å²) >= 11 is 3.56. The third kappa shape index (κ3) is 3.56. The fourth-order valence-corrected chi connectivity index (χ4v) is 3.17. The van der Waals surface area contributed by atoms with Gasteiger partial charge < -0.3 is 10.1 Å². The number of hydrogen-bond acceptors (Lipinski definition) is 2. The Hall–Kier alpha value is -1.55. The van der Waals surface area contributed by atoms with Crippen LogP contribution in [0.2, 0.25) is 0 Å². The summed E-state index contributed by atoms with van der Waals surface area (Å²) in [5, 5.41) is 3.37. The van der Waals surface area contributed by atoms with Crippen molar-refractivity contribution in [3.63, 3.8) is 0 Å². The SMILES string of the molecule is COc1ccc(C(C)Nc2c(C)cc(C)cc2Br)c(F)c1. The van der Waals surface area contributed by atoms with E-state index in [-0.39, 0.29) is 11.9 Å². The lowest BCUT2D eigenvalue weighted by Gasteiger charge is -2.20. The molecular formula is C17H19BrFNO. The summed E-state index contributed by atoms with van der Waals surface area (Å²) in [5.41, 5.74) is 3.92. The first kappa shape index (κ1) is 15.8. The van der Waals surface area contributed by atoms with Crippen LogP contribution in [0, 0.1) is 19.7 Å². The minimum absolute atomic E-state index is 0.145. The van der Waals surface area contributed by atoms with Crippen LogP contribution in [0.4, 0.5) is 10.1 Å². The molecule has 2 aromatic carbocycles. The van der Waals surface area contributed by atoms with E-state index in [4.69, 9.17) is 4.74 Å². The Kier molecular flexibility index (Phi) is 4.88. The summed E-state index contributed by atoms with van der Waals surface area (Å²) in [7, 11) is 1.53. The van der Waals surface area contributed by atoms with E-state index in [9.17, 15) is 4.39 Å². The molecule has 21 heavy (non-hydrogen) atoms. The van der Waals surface area contributed by atoms with Crippen LogP contribution in [0.3, 0.4) is 0 Å². The second-order valence-corrected chi connectivity index (χ2v) is 6.05. The van der Waals surface area contributed by atoms with Gasteiger partial charge in [0.1, 0.15) is 11.6 Å². The highest BCUT2D eigenvalue weighted by molar-refractivity contribution is 9.10. The monoisotopic (exact) mass is 351 g/mol. The van der Waals surface area contributed by atoms with Gasteiger partial charge in [-0.2, -0.15) is 0 Å². The van der Waals surface area contributed by atoms with Crippen molar-refractivity contribution in [2.45, 2.75) is 26.8 Å². The van der Waals surface area contributed by atoms with Crippen molar-refractivity contribution in [2.75, 3.05) is 12.4 Å². The summed E-state index contributed by atoms with van der Waals surface area (Å²) in [5.74, 6) is 0.256. The molecule has 112 valence electrons. The standard InChI is InChI=1S/C17H19BrFNO/c1-10-7-11(2)17(15(18)8-10)20-12(3)14-6-5-13(21-4)9-16(14)19/h5-9,12,20H,1-4H3. The van der Waals surface area contributed by atoms with Gasteiger partial charge in [0.15, 0.2) is 0 Å². The van der Waals surface area contributed by atoms with Crippen molar-refractivity contribution < 1.29 is 9.13 Å². The van der Waals surface area contributed by atoms with Gasteiger partial charge in [0, 0.05) is 16.1 Å². The van der Waals surface area contributed by atoms with Crippen LogP contribution in [0.25, 0.3) is 0 Å². The van der Waals surface area contributed by atoms with Crippen LogP contribution in [0.1, 0.15) is 29.7 Å². The highest BCUT2D eigenvalue weighted by Crippen LogP contribution is 2.32. The lowest BCUT2D eigenvalue weighted by molar-refractivity contribution is 0.410. The summed E-state index contributed by atoms with van der Waals surface area (Å²) < 4.78 is 20.1. The number of rotatable bonds is 4. The van der Waals surface area contributed by atoms with E-state index in [1.165, 1.54) is 18.7 Å². The topological polar surface area (TPSA) is 21.3 Å². The minimum Gasteiger partial charge on any atom is -0.497 e. The average molecular weight is 352 g/mol. The Morgan fingerprint density at radius 2 is 1.90 bits per heavy atom. The van der Waals surface area contributed by atoms with Crippen LogP contribution in [-0.4, -0.2) is 7.11 Å². The van der Waals surface area contributed by atoms with Gasteiger partial charge in [0.2, 0.25) is 0 Å². The van der Waals surface area contributed by atoms with Crippen LogP contribution in [0.15, 0.2) is 34.8 Å². The molecule has 0 saturated heterocycles. The van der Waals surface area contributed by atoms with Gasteiger partial charge in [-0.1, -0.05) is 12.1 Å². The van der Waals surface area contributed by atoms with Crippen molar-refractivity contribution in [3.05, 3.63) is 57.3 Å². The van der Waals surface area contributed by atoms with Gasteiger partial charge in [0.05, 0.1) is 18.8 Å². The van der Waals surface area contributed by atoms with Crippen LogP contribution >= 0.6 is 15.9 Å². The maximum Gasteiger partial charge on any atom is 0.132 e. The zero-order valence-corrected chi connectivity index (χ0v) is 14.2. The second kappa shape index (κ2) is 6.48. The molecule has 2 aromatic rings. The lowest BCUT2D eigenvalue weighted by atomic mass is 10.1. The average Bonchev–Trinajstić information content (AvgIpc) is 2.42. The number of aryl methyl sites for hydroxylation is 2. The van der Waals surface area contributed by atoms with E-state index in [0.717, 1.165) is 15.7 Å². The summed E-state index contributed by atoms with van der Waals surface area (Å²) in [4.78, 5) is 0. The number of anilines is 1. The maximum absolute atomic E-state index is 14.1. The van der Waals surface area contributed by atoms with Gasteiger partial charge >= 0.3 is 0 Å². The highest BCUT2D eigenvalue weighted by atomic mass is 79.9. The van der Waals surface area contributed by atoms with E-state index in [1.54, 1.807) is 12.1 Å². The summed E-state index contributed by atoms with van der Waals surface area (Å²) in [6.07, 6.45) is 0. The second-order valence-electron chi connectivity index (χ2n) is 5.19. The number of methoxy groups -OCH3 is 1. The van der Waals surface area contributed by atoms with E-state index in [2.05, 4.69) is 27.3 Å². The minimum atomic E-state index is -0.268. The molecule has 1 N–H and O–H groups in total. The van der Waals surface area contributed by atoms with Crippen molar-refractivity contribution in [2.24, 2.45) is 0 Å². The third-order valence-corrected chi connectivity index (χ3v) is 4.09. The van der Waals surface area contributed by atoms with Gasteiger partial charge in [-0.3, -0.25) is 0 Å². The molecular weight excluding hydrogens is 333 g/mol. The predicted octanol–water partition coefficient (Wildman–Crippen LogP) is 5.39. The van der Waals surface area contributed by atoms with Gasteiger partial charge in [-0.05, 0) is 60.0 Å². The smallest absolute Gasteiger partial charge is 0.132 e. The molecule has 0 saturated carbocycles. The van der Waals surface area contributed by atoms with E-state index < -0.39 is 0 Å². The molecule has 2 nitrogen and oxygen atoms in total.